The highest BCUT2D eigenvalue weighted by Crippen LogP contribution is 2.16. The monoisotopic (exact) mass is 209 g/mol. The van der Waals surface area contributed by atoms with Crippen molar-refractivity contribution in [3.8, 4) is 0 Å². The van der Waals surface area contributed by atoms with Crippen molar-refractivity contribution >= 4 is 21.9 Å². The van der Waals surface area contributed by atoms with Crippen LogP contribution >= 0.6 is 0 Å². The number of hydrogen-bond acceptors (Lipinski definition) is 2. The van der Waals surface area contributed by atoms with Crippen LogP contribution in [0.15, 0.2) is 47.4 Å². The van der Waals surface area contributed by atoms with E-state index in [2.05, 4.69) is 0 Å². The van der Waals surface area contributed by atoms with E-state index in [9.17, 15) is 8.76 Å². The minimum Gasteiger partial charge on any atom is -0.768 e. The second-order valence-corrected chi connectivity index (χ2v) is 3.68. The molecule has 0 aliphatic rings. The third kappa shape index (κ3) is 1.98. The van der Waals surface area contributed by atoms with E-state index >= 15 is 0 Å². The van der Waals surface area contributed by atoms with Gasteiger partial charge in [0, 0.05) is 4.90 Å². The fourth-order valence-corrected chi connectivity index (χ4v) is 1.67. The van der Waals surface area contributed by atoms with Crippen molar-refractivity contribution in [1.29, 1.82) is 0 Å². The van der Waals surface area contributed by atoms with E-state index in [0.29, 0.717) is 4.90 Å². The smallest absolute Gasteiger partial charge is 0.0255 e. The molecular formula is C10H11NO2S. The lowest BCUT2D eigenvalue weighted by molar-refractivity contribution is 0.537. The molecule has 2 rings (SSSR count). The number of hydrogen-bond donors (Lipinski definition) is 1. The fourth-order valence-electron chi connectivity index (χ4n) is 1.27. The highest BCUT2D eigenvalue weighted by atomic mass is 32.2. The lowest BCUT2D eigenvalue weighted by Gasteiger charge is -2.05. The molecule has 0 fully saturated rings. The van der Waals surface area contributed by atoms with E-state index < -0.39 is 11.1 Å². The first-order chi connectivity index (χ1) is 6.27. The van der Waals surface area contributed by atoms with Crippen molar-refractivity contribution < 1.29 is 8.76 Å². The summed E-state index contributed by atoms with van der Waals surface area (Å²) < 4.78 is 21.3. The predicted octanol–water partition coefficient (Wildman–Crippen LogP) is 2.45. The molecule has 3 nitrogen and oxygen atoms in total. The molecule has 0 radical (unpaired) electrons. The van der Waals surface area contributed by atoms with Crippen molar-refractivity contribution in [3.63, 3.8) is 0 Å². The van der Waals surface area contributed by atoms with Crippen LogP contribution in [0.5, 0.6) is 0 Å². The van der Waals surface area contributed by atoms with E-state index in [1.54, 1.807) is 18.2 Å². The minimum atomic E-state index is -2.13. The van der Waals surface area contributed by atoms with E-state index in [1.165, 1.54) is 0 Å². The minimum absolute atomic E-state index is 0. The third-order valence-electron chi connectivity index (χ3n) is 1.91. The maximum absolute atomic E-state index is 10.6. The van der Waals surface area contributed by atoms with Crippen molar-refractivity contribution in [2.75, 3.05) is 0 Å². The molecule has 0 amide bonds. The lowest BCUT2D eigenvalue weighted by atomic mass is 10.1. The van der Waals surface area contributed by atoms with Gasteiger partial charge in [0.2, 0.25) is 0 Å². The molecule has 0 bridgehead atoms. The van der Waals surface area contributed by atoms with Crippen LogP contribution < -0.4 is 6.15 Å². The second-order valence-electron chi connectivity index (χ2n) is 2.74. The van der Waals surface area contributed by atoms with Crippen molar-refractivity contribution in [1.82, 2.24) is 6.15 Å². The maximum atomic E-state index is 10.6. The Labute approximate surface area is 84.6 Å². The molecule has 4 heteroatoms. The Kier molecular flexibility index (Phi) is 3.35. The van der Waals surface area contributed by atoms with Gasteiger partial charge in [-0.15, -0.1) is 0 Å². The number of benzene rings is 2. The van der Waals surface area contributed by atoms with Crippen molar-refractivity contribution in [2.45, 2.75) is 4.90 Å². The zero-order valence-corrected chi connectivity index (χ0v) is 8.58. The highest BCUT2D eigenvalue weighted by molar-refractivity contribution is 7.79. The highest BCUT2D eigenvalue weighted by Gasteiger charge is 1.94. The van der Waals surface area contributed by atoms with E-state index in [-0.39, 0.29) is 6.15 Å². The van der Waals surface area contributed by atoms with Gasteiger partial charge in [0.05, 0.1) is 0 Å². The molecule has 14 heavy (non-hydrogen) atoms. The molecule has 0 aliphatic heterocycles. The number of quaternary nitrogens is 1. The summed E-state index contributed by atoms with van der Waals surface area (Å²) in [5.74, 6) is 0. The van der Waals surface area contributed by atoms with Crippen LogP contribution in [-0.2, 0) is 11.1 Å². The Morgan fingerprint density at radius 2 is 1.64 bits per heavy atom. The lowest BCUT2D eigenvalue weighted by Crippen LogP contribution is -1.87. The molecule has 0 aliphatic carbocycles. The van der Waals surface area contributed by atoms with Gasteiger partial charge in [-0.25, -0.2) is 0 Å². The van der Waals surface area contributed by atoms with Crippen LogP contribution in [0.2, 0.25) is 0 Å². The van der Waals surface area contributed by atoms with Gasteiger partial charge in [-0.1, -0.05) is 30.3 Å². The summed E-state index contributed by atoms with van der Waals surface area (Å²) in [7, 11) is 0. The summed E-state index contributed by atoms with van der Waals surface area (Å²) in [5.41, 5.74) is 0. The van der Waals surface area contributed by atoms with Gasteiger partial charge in [0.15, 0.2) is 0 Å². The van der Waals surface area contributed by atoms with Crippen LogP contribution in [0.3, 0.4) is 0 Å². The molecule has 0 saturated heterocycles. The molecule has 4 N–H and O–H groups in total. The average Bonchev–Trinajstić information content (AvgIpc) is 2.17. The quantitative estimate of drug-likeness (QED) is 0.732. The van der Waals surface area contributed by atoms with Gasteiger partial charge in [-0.3, -0.25) is 4.21 Å². The zero-order chi connectivity index (χ0) is 9.26. The van der Waals surface area contributed by atoms with Gasteiger partial charge in [-0.2, -0.15) is 0 Å². The summed E-state index contributed by atoms with van der Waals surface area (Å²) in [6.45, 7) is 0. The SMILES string of the molecule is O=S([O-])c1ccc2ccccc2c1.[NH4+]. The molecule has 0 heterocycles. The Hall–Kier alpha value is -1.23. The summed E-state index contributed by atoms with van der Waals surface area (Å²) in [6.07, 6.45) is 0. The van der Waals surface area contributed by atoms with Crippen LogP contribution in [0.25, 0.3) is 10.8 Å². The average molecular weight is 209 g/mol. The second kappa shape index (κ2) is 4.32. The first-order valence-electron chi connectivity index (χ1n) is 3.85. The topological polar surface area (TPSA) is 76.6 Å². The molecule has 0 aromatic heterocycles. The Morgan fingerprint density at radius 3 is 2.29 bits per heavy atom. The number of fused-ring (bicyclic) bond motifs is 1. The van der Waals surface area contributed by atoms with E-state index in [4.69, 9.17) is 0 Å². The fraction of sp³-hybridized carbons (Fsp3) is 0. The molecular weight excluding hydrogens is 198 g/mol. The molecule has 1 atom stereocenters. The van der Waals surface area contributed by atoms with Gasteiger partial charge in [0.25, 0.3) is 0 Å². The summed E-state index contributed by atoms with van der Waals surface area (Å²) in [6, 6.07) is 12.7. The molecule has 1 unspecified atom stereocenters. The van der Waals surface area contributed by atoms with Crippen LogP contribution in [0.1, 0.15) is 0 Å². The normalized spacial score (nSPS) is 12.1. The third-order valence-corrected chi connectivity index (χ3v) is 2.55. The van der Waals surface area contributed by atoms with Gasteiger partial charge in [-0.05, 0) is 34.0 Å². The Morgan fingerprint density at radius 1 is 1.00 bits per heavy atom. The van der Waals surface area contributed by atoms with Crippen LogP contribution in [-0.4, -0.2) is 8.76 Å². The van der Waals surface area contributed by atoms with Crippen LogP contribution in [0, 0.1) is 0 Å². The number of rotatable bonds is 1. The first kappa shape index (κ1) is 10.8. The Bertz CT molecular complexity index is 470. The van der Waals surface area contributed by atoms with Gasteiger partial charge >= 0.3 is 0 Å². The van der Waals surface area contributed by atoms with Crippen molar-refractivity contribution in [3.05, 3.63) is 42.5 Å². The maximum Gasteiger partial charge on any atom is 0.0255 e. The molecule has 2 aromatic rings. The van der Waals surface area contributed by atoms with Crippen molar-refractivity contribution in [2.24, 2.45) is 0 Å². The summed E-state index contributed by atoms with van der Waals surface area (Å²) >= 11 is -2.13. The molecule has 0 saturated carbocycles. The standard InChI is InChI=1S/C10H8O2S.H3N/c11-13(12)10-6-5-8-3-1-2-4-9(8)7-10;/h1-7H,(H,11,12);1H3. The largest absolute Gasteiger partial charge is 0.768 e. The molecule has 2 aromatic carbocycles. The Balaban J connectivity index is 0.000000980. The van der Waals surface area contributed by atoms with E-state index in [1.807, 2.05) is 24.3 Å². The van der Waals surface area contributed by atoms with E-state index in [0.717, 1.165) is 10.8 Å². The van der Waals surface area contributed by atoms with Gasteiger partial charge in [0.1, 0.15) is 0 Å². The molecule has 0 spiro atoms. The molecule has 74 valence electrons. The first-order valence-corrected chi connectivity index (χ1v) is 4.93. The zero-order valence-electron chi connectivity index (χ0n) is 7.77. The summed E-state index contributed by atoms with van der Waals surface area (Å²) in [5, 5.41) is 2.00. The summed E-state index contributed by atoms with van der Waals surface area (Å²) in [4.78, 5) is 0.332. The predicted molar refractivity (Wildman–Crippen MR) is 57.1 cm³/mol. The van der Waals surface area contributed by atoms with Crippen LogP contribution in [0.4, 0.5) is 0 Å². The van der Waals surface area contributed by atoms with Gasteiger partial charge < -0.3 is 10.7 Å².